The number of hydrogen-bond acceptors (Lipinski definition) is 7. The van der Waals surface area contributed by atoms with Crippen molar-refractivity contribution in [2.24, 2.45) is 11.7 Å². The number of aromatic nitrogens is 2. The minimum atomic E-state index is -0.119. The Kier molecular flexibility index (Phi) is 7.16. The molecule has 0 saturated carbocycles. The maximum absolute atomic E-state index is 12.7. The highest BCUT2D eigenvalue weighted by atomic mass is 35.5. The normalized spacial score (nSPS) is 14.9. The second-order valence-corrected chi connectivity index (χ2v) is 7.58. The summed E-state index contributed by atoms with van der Waals surface area (Å²) >= 11 is 1.45. The van der Waals surface area contributed by atoms with Crippen LogP contribution in [-0.2, 0) is 24.3 Å². The summed E-state index contributed by atoms with van der Waals surface area (Å²) in [5, 5.41) is 2.62. The molecule has 3 heterocycles. The molecule has 26 heavy (non-hydrogen) atoms. The summed E-state index contributed by atoms with van der Waals surface area (Å²) in [6.07, 6.45) is 1.51. The third kappa shape index (κ3) is 4.62. The smallest absolute Gasteiger partial charge is 0.273 e. The number of carbonyl (C=O) groups excluding carboxylic acids is 1. The van der Waals surface area contributed by atoms with Crippen LogP contribution in [0.25, 0.3) is 0 Å². The molecule has 2 aromatic heterocycles. The number of nitrogens with zero attached hydrogens (tertiary/aromatic N) is 3. The molecule has 0 spiro atoms. The Morgan fingerprint density at radius 1 is 1.46 bits per heavy atom. The highest BCUT2D eigenvalue weighted by Crippen LogP contribution is 2.25. The molecule has 2 aromatic rings. The van der Waals surface area contributed by atoms with E-state index < -0.39 is 0 Å². The number of thiazole rings is 1. The Hall–Kier alpha value is -1.48. The fraction of sp³-hybridized carbons (Fsp3) is 0.588. The Morgan fingerprint density at radius 3 is 2.92 bits per heavy atom. The van der Waals surface area contributed by atoms with E-state index in [4.69, 9.17) is 14.9 Å². The van der Waals surface area contributed by atoms with Crippen LogP contribution in [-0.4, -0.2) is 34.4 Å². The number of nitrogens with two attached hydrogens (primary N) is 1. The van der Waals surface area contributed by atoms with Gasteiger partial charge in [-0.25, -0.2) is 9.97 Å². The first-order valence-electron chi connectivity index (χ1n) is 8.44. The van der Waals surface area contributed by atoms with E-state index in [2.05, 4.69) is 23.8 Å². The zero-order valence-electron chi connectivity index (χ0n) is 15.2. The van der Waals surface area contributed by atoms with Gasteiger partial charge in [0, 0.05) is 25.5 Å². The van der Waals surface area contributed by atoms with E-state index >= 15 is 0 Å². The standard InChI is InChI=1S/C17H24N4O3S.ClH/c1-10(2)6-11(18)16-20-13(9-25-16)17(22)21-5-4-14-12(7-21)19-15(24-14)8-23-3;/h9-11H,4-8,18H2,1-3H3;1H/t11-;/m0./s1. The van der Waals surface area contributed by atoms with Crippen molar-refractivity contribution in [3.05, 3.63) is 33.4 Å². The van der Waals surface area contributed by atoms with Gasteiger partial charge in [-0.2, -0.15) is 0 Å². The molecule has 0 fully saturated rings. The monoisotopic (exact) mass is 400 g/mol. The van der Waals surface area contributed by atoms with E-state index in [0.29, 0.717) is 43.6 Å². The van der Waals surface area contributed by atoms with Gasteiger partial charge >= 0.3 is 0 Å². The predicted molar refractivity (Wildman–Crippen MR) is 101 cm³/mol. The number of amides is 1. The molecule has 9 heteroatoms. The first-order valence-corrected chi connectivity index (χ1v) is 9.32. The van der Waals surface area contributed by atoms with Crippen molar-refractivity contribution in [3.8, 4) is 0 Å². The lowest BCUT2D eigenvalue weighted by atomic mass is 10.1. The van der Waals surface area contributed by atoms with Crippen LogP contribution in [0.2, 0.25) is 0 Å². The van der Waals surface area contributed by atoms with Crippen LogP contribution < -0.4 is 5.73 Å². The van der Waals surface area contributed by atoms with Crippen molar-refractivity contribution in [3.63, 3.8) is 0 Å². The van der Waals surface area contributed by atoms with E-state index in [1.165, 1.54) is 11.3 Å². The van der Waals surface area contributed by atoms with Gasteiger partial charge < -0.3 is 19.8 Å². The van der Waals surface area contributed by atoms with Crippen molar-refractivity contribution in [1.29, 1.82) is 0 Å². The number of hydrogen-bond donors (Lipinski definition) is 1. The minimum absolute atomic E-state index is 0. The molecular formula is C17H25ClN4O3S. The van der Waals surface area contributed by atoms with Crippen LogP contribution in [0, 0.1) is 5.92 Å². The number of carbonyl (C=O) groups is 1. The number of halogens is 1. The molecule has 7 nitrogen and oxygen atoms in total. The first kappa shape index (κ1) is 20.8. The molecule has 0 radical (unpaired) electrons. The topological polar surface area (TPSA) is 94.5 Å². The third-order valence-corrected chi connectivity index (χ3v) is 5.09. The summed E-state index contributed by atoms with van der Waals surface area (Å²) in [7, 11) is 1.60. The van der Waals surface area contributed by atoms with Gasteiger partial charge in [0.05, 0.1) is 12.6 Å². The van der Waals surface area contributed by atoms with Crippen molar-refractivity contribution in [2.75, 3.05) is 13.7 Å². The number of methoxy groups -OCH3 is 1. The lowest BCUT2D eigenvalue weighted by Gasteiger charge is -2.24. The molecule has 144 valence electrons. The average Bonchev–Trinajstić information content (AvgIpc) is 3.19. The lowest BCUT2D eigenvalue weighted by molar-refractivity contribution is 0.0722. The second-order valence-electron chi connectivity index (χ2n) is 6.69. The molecule has 0 bridgehead atoms. The number of oxazole rings is 1. The minimum Gasteiger partial charge on any atom is -0.443 e. The molecule has 1 aliphatic rings. The van der Waals surface area contributed by atoms with Crippen LogP contribution in [0.4, 0.5) is 0 Å². The predicted octanol–water partition coefficient (Wildman–Crippen LogP) is 2.94. The zero-order chi connectivity index (χ0) is 18.0. The van der Waals surface area contributed by atoms with E-state index in [0.717, 1.165) is 22.9 Å². The molecule has 3 rings (SSSR count). The number of rotatable bonds is 6. The quantitative estimate of drug-likeness (QED) is 0.801. The summed E-state index contributed by atoms with van der Waals surface area (Å²) in [5.41, 5.74) is 7.44. The Bertz CT molecular complexity index is 746. The molecular weight excluding hydrogens is 376 g/mol. The van der Waals surface area contributed by atoms with Gasteiger partial charge in [0.15, 0.2) is 0 Å². The van der Waals surface area contributed by atoms with Crippen LogP contribution in [0.5, 0.6) is 0 Å². The molecule has 2 N–H and O–H groups in total. The largest absolute Gasteiger partial charge is 0.443 e. The van der Waals surface area contributed by atoms with E-state index in [1.807, 2.05) is 0 Å². The highest BCUT2D eigenvalue weighted by Gasteiger charge is 2.27. The van der Waals surface area contributed by atoms with E-state index in [1.54, 1.807) is 17.4 Å². The lowest BCUT2D eigenvalue weighted by Crippen LogP contribution is -2.36. The van der Waals surface area contributed by atoms with Crippen LogP contribution >= 0.6 is 23.7 Å². The summed E-state index contributed by atoms with van der Waals surface area (Å²) in [6, 6.07) is -0.119. The number of fused-ring (bicyclic) bond motifs is 1. The first-order chi connectivity index (χ1) is 12.0. The molecule has 0 aliphatic carbocycles. The molecule has 1 aliphatic heterocycles. The fourth-order valence-corrected chi connectivity index (χ4v) is 3.75. The van der Waals surface area contributed by atoms with Crippen molar-refractivity contribution < 1.29 is 13.9 Å². The van der Waals surface area contributed by atoms with Gasteiger partial charge in [0.1, 0.15) is 28.8 Å². The maximum atomic E-state index is 12.7. The Morgan fingerprint density at radius 2 is 2.23 bits per heavy atom. The average molecular weight is 401 g/mol. The highest BCUT2D eigenvalue weighted by molar-refractivity contribution is 7.09. The molecule has 0 unspecified atom stereocenters. The van der Waals surface area contributed by atoms with Gasteiger partial charge in [-0.3, -0.25) is 4.79 Å². The summed E-state index contributed by atoms with van der Waals surface area (Å²) < 4.78 is 10.7. The molecule has 1 amide bonds. The zero-order valence-corrected chi connectivity index (χ0v) is 16.9. The van der Waals surface area contributed by atoms with Crippen LogP contribution in [0.3, 0.4) is 0 Å². The van der Waals surface area contributed by atoms with Crippen molar-refractivity contribution in [2.45, 2.75) is 45.9 Å². The molecule has 0 saturated heterocycles. The van der Waals surface area contributed by atoms with E-state index in [9.17, 15) is 4.79 Å². The van der Waals surface area contributed by atoms with Gasteiger partial charge in [-0.1, -0.05) is 13.8 Å². The van der Waals surface area contributed by atoms with Crippen LogP contribution in [0.1, 0.15) is 59.2 Å². The third-order valence-electron chi connectivity index (χ3n) is 4.11. The van der Waals surface area contributed by atoms with E-state index in [-0.39, 0.29) is 24.4 Å². The van der Waals surface area contributed by atoms with Gasteiger partial charge in [-0.05, 0) is 12.3 Å². The Labute approximate surface area is 163 Å². The number of ether oxygens (including phenoxy) is 1. The van der Waals surface area contributed by atoms with Crippen molar-refractivity contribution in [1.82, 2.24) is 14.9 Å². The van der Waals surface area contributed by atoms with Crippen LogP contribution in [0.15, 0.2) is 9.80 Å². The maximum Gasteiger partial charge on any atom is 0.273 e. The molecule has 0 aromatic carbocycles. The van der Waals surface area contributed by atoms with Crippen molar-refractivity contribution >= 4 is 29.7 Å². The van der Waals surface area contributed by atoms with Gasteiger partial charge in [0.25, 0.3) is 5.91 Å². The summed E-state index contributed by atoms with van der Waals surface area (Å²) in [6.45, 7) is 5.62. The van der Waals surface area contributed by atoms with Gasteiger partial charge in [0.2, 0.25) is 5.89 Å². The SMILES string of the molecule is COCc1nc2c(o1)CCN(C(=O)c1csc([C@@H](N)CC(C)C)n1)C2.Cl. The van der Waals surface area contributed by atoms with Gasteiger partial charge in [-0.15, -0.1) is 23.7 Å². The fourth-order valence-electron chi connectivity index (χ4n) is 2.94. The summed E-state index contributed by atoms with van der Waals surface area (Å²) in [5.74, 6) is 1.81. The molecule has 1 atom stereocenters. The Balaban J connectivity index is 0.00000243. The second kappa shape index (κ2) is 8.94. The summed E-state index contributed by atoms with van der Waals surface area (Å²) in [4.78, 5) is 23.4.